The van der Waals surface area contributed by atoms with Crippen molar-refractivity contribution in [1.29, 1.82) is 0 Å². The smallest absolute Gasteiger partial charge is 0.263 e. The van der Waals surface area contributed by atoms with Crippen LogP contribution < -0.4 is 10.9 Å². The van der Waals surface area contributed by atoms with Gasteiger partial charge in [0.25, 0.3) is 17.4 Å². The molecule has 0 radical (unpaired) electrons. The molecule has 0 unspecified atom stereocenters. The molecule has 7 nitrogen and oxygen atoms in total. The van der Waals surface area contributed by atoms with Gasteiger partial charge in [0.05, 0.1) is 5.56 Å². The van der Waals surface area contributed by atoms with Crippen LogP contribution in [0.2, 0.25) is 0 Å². The molecule has 4 rings (SSSR count). The second kappa shape index (κ2) is 8.86. The Morgan fingerprint density at radius 2 is 1.88 bits per heavy atom. The van der Waals surface area contributed by atoms with Crippen molar-refractivity contribution >= 4 is 11.8 Å². The Hall–Kier alpha value is -3.61. The molecule has 0 aliphatic carbocycles. The van der Waals surface area contributed by atoms with E-state index in [1.165, 1.54) is 7.05 Å². The fourth-order valence-corrected chi connectivity index (χ4v) is 4.31. The van der Waals surface area contributed by atoms with Crippen molar-refractivity contribution in [2.24, 2.45) is 7.05 Å². The van der Waals surface area contributed by atoms with E-state index < -0.39 is 0 Å². The van der Waals surface area contributed by atoms with E-state index in [4.69, 9.17) is 0 Å². The average molecular weight is 433 g/mol. The number of carbonyl (C=O) groups is 2. The molecule has 0 spiro atoms. The van der Waals surface area contributed by atoms with Gasteiger partial charge in [0, 0.05) is 51.8 Å². The molecule has 1 aliphatic heterocycles. The maximum atomic E-state index is 13.2. The van der Waals surface area contributed by atoms with Gasteiger partial charge in [-0.3, -0.25) is 14.4 Å². The SMILES string of the molecule is CNC(=O)c1c2c(cn(CCc3ccccc3)c1=O)CN(C(=O)c1ccn(C)c1C)CC2. The Morgan fingerprint density at radius 3 is 2.53 bits per heavy atom. The first-order valence-corrected chi connectivity index (χ1v) is 10.8. The van der Waals surface area contributed by atoms with Gasteiger partial charge in [-0.25, -0.2) is 0 Å². The second-order valence-electron chi connectivity index (χ2n) is 8.22. The van der Waals surface area contributed by atoms with Crippen LogP contribution in [-0.4, -0.2) is 39.4 Å². The molecule has 2 aromatic heterocycles. The van der Waals surface area contributed by atoms with Gasteiger partial charge in [0.1, 0.15) is 5.56 Å². The maximum absolute atomic E-state index is 13.2. The first kappa shape index (κ1) is 21.6. The number of hydrogen-bond acceptors (Lipinski definition) is 3. The van der Waals surface area contributed by atoms with Crippen LogP contribution in [0.15, 0.2) is 53.6 Å². The lowest BCUT2D eigenvalue weighted by molar-refractivity contribution is 0.0733. The average Bonchev–Trinajstić information content (AvgIpc) is 3.15. The molecule has 1 aliphatic rings. The molecular formula is C25H28N4O3. The highest BCUT2D eigenvalue weighted by atomic mass is 16.2. The number of carbonyl (C=O) groups excluding carboxylic acids is 2. The highest BCUT2D eigenvalue weighted by molar-refractivity contribution is 5.97. The summed E-state index contributed by atoms with van der Waals surface area (Å²) in [6, 6.07) is 11.8. The van der Waals surface area contributed by atoms with Crippen LogP contribution in [0.25, 0.3) is 0 Å². The molecule has 1 N–H and O–H groups in total. The van der Waals surface area contributed by atoms with Crippen LogP contribution in [0.4, 0.5) is 0 Å². The van der Waals surface area contributed by atoms with Gasteiger partial charge < -0.3 is 19.4 Å². The highest BCUT2D eigenvalue weighted by Gasteiger charge is 2.29. The third-order valence-electron chi connectivity index (χ3n) is 6.31. The number of hydrogen-bond donors (Lipinski definition) is 1. The van der Waals surface area contributed by atoms with Gasteiger partial charge in [-0.1, -0.05) is 30.3 Å². The van der Waals surface area contributed by atoms with E-state index in [0.717, 1.165) is 22.4 Å². The first-order valence-electron chi connectivity index (χ1n) is 10.8. The summed E-state index contributed by atoms with van der Waals surface area (Å²) in [7, 11) is 3.45. The maximum Gasteiger partial charge on any atom is 0.263 e. The van der Waals surface area contributed by atoms with Crippen LogP contribution in [-0.2, 0) is 33.0 Å². The van der Waals surface area contributed by atoms with Crippen molar-refractivity contribution in [1.82, 2.24) is 19.4 Å². The third-order valence-corrected chi connectivity index (χ3v) is 6.31. The lowest BCUT2D eigenvalue weighted by Gasteiger charge is -2.30. The first-order chi connectivity index (χ1) is 15.4. The number of nitrogens with zero attached hydrogens (tertiary/aromatic N) is 3. The summed E-state index contributed by atoms with van der Waals surface area (Å²) in [5.74, 6) is -0.406. The topological polar surface area (TPSA) is 76.3 Å². The molecule has 2 amide bonds. The lowest BCUT2D eigenvalue weighted by Crippen LogP contribution is -2.41. The summed E-state index contributed by atoms with van der Waals surface area (Å²) in [6.45, 7) is 3.23. The van der Waals surface area contributed by atoms with E-state index in [9.17, 15) is 14.4 Å². The van der Waals surface area contributed by atoms with E-state index >= 15 is 0 Å². The number of pyridine rings is 1. The van der Waals surface area contributed by atoms with Crippen LogP contribution >= 0.6 is 0 Å². The molecule has 3 heterocycles. The Balaban J connectivity index is 1.67. The second-order valence-corrected chi connectivity index (χ2v) is 8.22. The third kappa shape index (κ3) is 3.98. The van der Waals surface area contributed by atoms with Crippen molar-refractivity contribution in [3.05, 3.63) is 92.7 Å². The molecule has 1 aromatic carbocycles. The summed E-state index contributed by atoms with van der Waals surface area (Å²) in [5, 5.41) is 2.61. The number of rotatable bonds is 5. The number of aryl methyl sites for hydroxylation is 3. The number of aromatic nitrogens is 2. The van der Waals surface area contributed by atoms with Gasteiger partial charge >= 0.3 is 0 Å². The zero-order chi connectivity index (χ0) is 22.8. The van der Waals surface area contributed by atoms with Crippen molar-refractivity contribution in [3.63, 3.8) is 0 Å². The number of nitrogens with one attached hydrogen (secondary N) is 1. The Labute approximate surface area is 187 Å². The van der Waals surface area contributed by atoms with Crippen LogP contribution in [0.1, 0.15) is 43.1 Å². The van der Waals surface area contributed by atoms with Gasteiger partial charge in [-0.2, -0.15) is 0 Å². The van der Waals surface area contributed by atoms with E-state index in [0.29, 0.717) is 38.0 Å². The minimum absolute atomic E-state index is 0.0303. The van der Waals surface area contributed by atoms with Crippen molar-refractivity contribution < 1.29 is 9.59 Å². The number of amides is 2. The normalized spacial score (nSPS) is 13.0. The molecule has 0 atom stereocenters. The zero-order valence-corrected chi connectivity index (χ0v) is 18.7. The van der Waals surface area contributed by atoms with Gasteiger partial charge in [-0.15, -0.1) is 0 Å². The summed E-state index contributed by atoms with van der Waals surface area (Å²) in [5.41, 5.74) is 4.23. The largest absolute Gasteiger partial charge is 0.355 e. The van der Waals surface area contributed by atoms with Crippen LogP contribution in [0.3, 0.4) is 0 Å². The molecule has 166 valence electrons. The lowest BCUT2D eigenvalue weighted by atomic mass is 9.95. The molecule has 32 heavy (non-hydrogen) atoms. The highest BCUT2D eigenvalue weighted by Crippen LogP contribution is 2.23. The summed E-state index contributed by atoms with van der Waals surface area (Å²) in [4.78, 5) is 40.7. The standard InChI is InChI=1S/C25H28N4O3/c1-17-20(10-12-27(17)3)24(31)28-14-11-21-19(15-28)16-29(25(32)22(21)23(30)26-2)13-9-18-7-5-4-6-8-18/h4-8,10,12,16H,9,11,13-15H2,1-3H3,(H,26,30). The minimum atomic E-state index is -0.376. The van der Waals surface area contributed by atoms with Gasteiger partial charge in [0.15, 0.2) is 0 Å². The fourth-order valence-electron chi connectivity index (χ4n) is 4.31. The molecule has 7 heteroatoms. The number of fused-ring (bicyclic) bond motifs is 1. The Bertz CT molecular complexity index is 1220. The van der Waals surface area contributed by atoms with Crippen molar-refractivity contribution in [2.75, 3.05) is 13.6 Å². The Morgan fingerprint density at radius 1 is 1.12 bits per heavy atom. The van der Waals surface area contributed by atoms with E-state index in [-0.39, 0.29) is 22.9 Å². The summed E-state index contributed by atoms with van der Waals surface area (Å²) >= 11 is 0. The molecule has 3 aromatic rings. The number of benzene rings is 1. The molecule has 0 bridgehead atoms. The predicted molar refractivity (Wildman–Crippen MR) is 123 cm³/mol. The van der Waals surface area contributed by atoms with Crippen molar-refractivity contribution in [3.8, 4) is 0 Å². The molecule has 0 fully saturated rings. The predicted octanol–water partition coefficient (Wildman–Crippen LogP) is 2.30. The molecule has 0 saturated heterocycles. The van der Waals surface area contributed by atoms with E-state index in [1.807, 2.05) is 67.3 Å². The summed E-state index contributed by atoms with van der Waals surface area (Å²) in [6.07, 6.45) is 4.86. The molecule has 0 saturated carbocycles. The van der Waals surface area contributed by atoms with Gasteiger partial charge in [-0.05, 0) is 42.5 Å². The van der Waals surface area contributed by atoms with Crippen LogP contribution in [0, 0.1) is 6.92 Å². The van der Waals surface area contributed by atoms with E-state index in [1.54, 1.807) is 9.47 Å². The zero-order valence-electron chi connectivity index (χ0n) is 18.7. The summed E-state index contributed by atoms with van der Waals surface area (Å²) < 4.78 is 3.54. The molecular weight excluding hydrogens is 404 g/mol. The monoisotopic (exact) mass is 432 g/mol. The quantitative estimate of drug-likeness (QED) is 0.672. The van der Waals surface area contributed by atoms with Crippen LogP contribution in [0.5, 0.6) is 0 Å². The van der Waals surface area contributed by atoms with Crippen molar-refractivity contribution in [2.45, 2.75) is 32.9 Å². The fraction of sp³-hybridized carbons (Fsp3) is 0.320. The van der Waals surface area contributed by atoms with E-state index in [2.05, 4.69) is 5.32 Å². The van der Waals surface area contributed by atoms with Gasteiger partial charge in [0.2, 0.25) is 0 Å². The Kier molecular flexibility index (Phi) is 5.99. The minimum Gasteiger partial charge on any atom is -0.355 e.